The van der Waals surface area contributed by atoms with Crippen molar-refractivity contribution >= 4 is 39.1 Å². The zero-order valence-corrected chi connectivity index (χ0v) is 27.6. The maximum Gasteiger partial charge on any atom is 0.267 e. The third-order valence-corrected chi connectivity index (χ3v) is 10.7. The second kappa shape index (κ2) is 13.9. The lowest BCUT2D eigenvalue weighted by Gasteiger charge is -2.27. The van der Waals surface area contributed by atoms with E-state index in [9.17, 15) is 18.3 Å². The first kappa shape index (κ1) is 32.9. The molecule has 0 saturated heterocycles. The van der Waals surface area contributed by atoms with E-state index < -0.39 is 22.0 Å². The number of carbonyl (C=O) groups excluding carboxylic acids is 1. The van der Waals surface area contributed by atoms with E-state index in [0.717, 1.165) is 24.8 Å². The zero-order chi connectivity index (χ0) is 32.3. The fraction of sp³-hybridized carbons (Fsp3) is 0.324. The minimum absolute atomic E-state index is 0.0762. The van der Waals surface area contributed by atoms with Crippen molar-refractivity contribution in [3.8, 4) is 11.5 Å². The molecule has 0 aliphatic heterocycles. The van der Waals surface area contributed by atoms with E-state index in [-0.39, 0.29) is 27.3 Å². The molecular formula is C34H36Cl2N2O6S. The van der Waals surface area contributed by atoms with Crippen LogP contribution in [0.25, 0.3) is 0 Å². The van der Waals surface area contributed by atoms with Gasteiger partial charge in [-0.1, -0.05) is 53.5 Å². The summed E-state index contributed by atoms with van der Waals surface area (Å²) < 4.78 is 40.8. The minimum Gasteiger partial charge on any atom is -0.496 e. The lowest BCUT2D eigenvalue weighted by atomic mass is 9.85. The average Bonchev–Trinajstić information content (AvgIpc) is 3.61. The third-order valence-electron chi connectivity index (χ3n) is 8.39. The standard InChI is InChI=1S/C34H36Cl2N2O6S/c1-21-30(43-2)17-26(18-31(21)44-3)33(40)27(15-23-13-24-7-4-5-8-25(24)14-23)20-38-12-11-22(19-38)16-32(39)37-45(41,42)34-28(35)9-6-10-29(34)36/h4-12,17-19,23,27,33,40H,13-16,20H2,1-3H3,(H,37,39)/t27-,33+/m0/s1. The number of halogens is 2. The third kappa shape index (κ3) is 7.49. The number of ether oxygens (including phenoxy) is 2. The minimum atomic E-state index is -4.27. The summed E-state index contributed by atoms with van der Waals surface area (Å²) in [6, 6.07) is 18.2. The average molecular weight is 672 g/mol. The molecule has 238 valence electrons. The molecule has 45 heavy (non-hydrogen) atoms. The van der Waals surface area contributed by atoms with Crippen molar-refractivity contribution in [3.63, 3.8) is 0 Å². The summed E-state index contributed by atoms with van der Waals surface area (Å²) in [5.74, 6) is 0.732. The molecule has 4 aromatic rings. The van der Waals surface area contributed by atoms with Crippen LogP contribution >= 0.6 is 23.2 Å². The molecule has 1 aromatic heterocycles. The van der Waals surface area contributed by atoms with E-state index >= 15 is 0 Å². The predicted octanol–water partition coefficient (Wildman–Crippen LogP) is 6.32. The van der Waals surface area contributed by atoms with Crippen LogP contribution in [-0.4, -0.2) is 38.2 Å². The smallest absolute Gasteiger partial charge is 0.267 e. The molecule has 0 unspecified atom stereocenters. The van der Waals surface area contributed by atoms with Gasteiger partial charge in [-0.2, -0.15) is 0 Å². The number of nitrogens with one attached hydrogen (secondary N) is 1. The van der Waals surface area contributed by atoms with Gasteiger partial charge in [-0.05, 0) is 84.7 Å². The Morgan fingerprint density at radius 1 is 1.00 bits per heavy atom. The number of amides is 1. The van der Waals surface area contributed by atoms with E-state index in [2.05, 4.69) is 29.0 Å². The summed E-state index contributed by atoms with van der Waals surface area (Å²) in [5, 5.41) is 11.7. The highest BCUT2D eigenvalue weighted by Crippen LogP contribution is 2.39. The van der Waals surface area contributed by atoms with Crippen molar-refractivity contribution in [3.05, 3.63) is 111 Å². The van der Waals surface area contributed by atoms with Crippen LogP contribution in [0.5, 0.6) is 11.5 Å². The Labute approximate surface area is 273 Å². The summed E-state index contributed by atoms with van der Waals surface area (Å²) in [4.78, 5) is 12.4. The van der Waals surface area contributed by atoms with Crippen molar-refractivity contribution in [1.29, 1.82) is 0 Å². The molecule has 1 aliphatic rings. The summed E-state index contributed by atoms with van der Waals surface area (Å²) in [5.41, 5.74) is 4.86. The molecule has 0 radical (unpaired) electrons. The van der Waals surface area contributed by atoms with Crippen LogP contribution in [0.4, 0.5) is 0 Å². The number of benzene rings is 3. The van der Waals surface area contributed by atoms with Crippen molar-refractivity contribution < 1.29 is 27.8 Å². The summed E-state index contributed by atoms with van der Waals surface area (Å²) >= 11 is 12.1. The van der Waals surface area contributed by atoms with Gasteiger partial charge >= 0.3 is 0 Å². The van der Waals surface area contributed by atoms with Crippen LogP contribution in [0.1, 0.15) is 40.3 Å². The van der Waals surface area contributed by atoms with Gasteiger partial charge in [-0.3, -0.25) is 4.79 Å². The molecule has 1 amide bonds. The van der Waals surface area contributed by atoms with E-state index in [0.29, 0.717) is 35.1 Å². The molecule has 0 saturated carbocycles. The van der Waals surface area contributed by atoms with Crippen molar-refractivity contribution in [2.24, 2.45) is 11.8 Å². The number of fused-ring (bicyclic) bond motifs is 1. The molecule has 11 heteroatoms. The highest BCUT2D eigenvalue weighted by Gasteiger charge is 2.30. The highest BCUT2D eigenvalue weighted by molar-refractivity contribution is 7.90. The number of aliphatic hydroxyl groups is 1. The molecule has 0 spiro atoms. The maximum absolute atomic E-state index is 12.8. The molecular weight excluding hydrogens is 635 g/mol. The van der Waals surface area contributed by atoms with E-state index in [4.69, 9.17) is 32.7 Å². The van der Waals surface area contributed by atoms with Crippen molar-refractivity contribution in [2.45, 2.75) is 50.2 Å². The molecule has 5 rings (SSSR count). The number of methoxy groups -OCH3 is 2. The Morgan fingerprint density at radius 2 is 1.60 bits per heavy atom. The van der Waals surface area contributed by atoms with Crippen LogP contribution in [0.3, 0.4) is 0 Å². The number of rotatable bonds is 12. The van der Waals surface area contributed by atoms with Gasteiger partial charge in [0.2, 0.25) is 5.91 Å². The lowest BCUT2D eigenvalue weighted by molar-refractivity contribution is -0.118. The number of nitrogens with zero attached hydrogens (tertiary/aromatic N) is 1. The number of hydrogen-bond donors (Lipinski definition) is 2. The van der Waals surface area contributed by atoms with Gasteiger partial charge in [0.25, 0.3) is 10.0 Å². The molecule has 3 aromatic carbocycles. The Morgan fingerprint density at radius 3 is 2.18 bits per heavy atom. The normalized spacial score (nSPS) is 14.5. The fourth-order valence-corrected chi connectivity index (χ4v) is 8.37. The van der Waals surface area contributed by atoms with Crippen molar-refractivity contribution in [1.82, 2.24) is 9.29 Å². The van der Waals surface area contributed by atoms with Gasteiger partial charge in [0.1, 0.15) is 16.4 Å². The predicted molar refractivity (Wildman–Crippen MR) is 175 cm³/mol. The summed E-state index contributed by atoms with van der Waals surface area (Å²) in [7, 11) is -1.08. The molecule has 2 N–H and O–H groups in total. The second-order valence-corrected chi connectivity index (χ2v) is 13.9. The highest BCUT2D eigenvalue weighted by atomic mass is 35.5. The number of aliphatic hydroxyl groups excluding tert-OH is 1. The Balaban J connectivity index is 1.34. The van der Waals surface area contributed by atoms with Crippen LogP contribution < -0.4 is 14.2 Å². The fourth-order valence-electron chi connectivity index (χ4n) is 6.24. The van der Waals surface area contributed by atoms with Gasteiger partial charge in [0.15, 0.2) is 0 Å². The van der Waals surface area contributed by atoms with Crippen molar-refractivity contribution in [2.75, 3.05) is 14.2 Å². The molecule has 1 aliphatic carbocycles. The van der Waals surface area contributed by atoms with Crippen LogP contribution in [0, 0.1) is 18.8 Å². The second-order valence-electron chi connectivity index (χ2n) is 11.5. The first-order valence-corrected chi connectivity index (χ1v) is 16.8. The largest absolute Gasteiger partial charge is 0.496 e. The Bertz CT molecular complexity index is 1740. The molecule has 1 heterocycles. The number of aromatic nitrogens is 1. The Kier molecular flexibility index (Phi) is 10.1. The molecule has 0 bridgehead atoms. The molecule has 0 fully saturated rings. The van der Waals surface area contributed by atoms with E-state index in [1.807, 2.05) is 29.8 Å². The zero-order valence-electron chi connectivity index (χ0n) is 25.3. The monoisotopic (exact) mass is 670 g/mol. The number of sulfonamides is 1. The maximum atomic E-state index is 12.8. The van der Waals surface area contributed by atoms with E-state index in [1.54, 1.807) is 26.5 Å². The molecule has 8 nitrogen and oxygen atoms in total. The number of carbonyl (C=O) groups is 1. The van der Waals surface area contributed by atoms with Gasteiger partial charge in [0.05, 0.1) is 36.8 Å². The summed E-state index contributed by atoms with van der Waals surface area (Å²) in [6.45, 7) is 2.38. The topological polar surface area (TPSA) is 107 Å². The van der Waals surface area contributed by atoms with E-state index in [1.165, 1.54) is 29.3 Å². The van der Waals surface area contributed by atoms with Gasteiger partial charge in [-0.25, -0.2) is 13.1 Å². The van der Waals surface area contributed by atoms with Crippen LogP contribution in [0.2, 0.25) is 10.0 Å². The SMILES string of the molecule is COc1cc([C@@H](O)[C@@H](CC2Cc3ccccc3C2)Cn2ccc(CC(=O)NS(=O)(=O)c3c(Cl)cccc3Cl)c2)cc(OC)c1C. The first-order valence-electron chi connectivity index (χ1n) is 14.6. The molecule has 2 atom stereocenters. The Hall–Kier alpha value is -3.50. The van der Waals surface area contributed by atoms with Gasteiger partial charge in [-0.15, -0.1) is 0 Å². The summed E-state index contributed by atoms with van der Waals surface area (Å²) in [6.07, 6.45) is 5.29. The van der Waals surface area contributed by atoms with Gasteiger partial charge < -0.3 is 19.1 Å². The number of hydrogen-bond acceptors (Lipinski definition) is 6. The van der Waals surface area contributed by atoms with Crippen LogP contribution in [-0.2, 0) is 40.6 Å². The van der Waals surface area contributed by atoms with Crippen LogP contribution in [0.15, 0.2) is 78.0 Å². The van der Waals surface area contributed by atoms with Gasteiger partial charge in [0, 0.05) is 30.4 Å². The first-order chi connectivity index (χ1) is 21.5. The quantitative estimate of drug-likeness (QED) is 0.183. The lowest BCUT2D eigenvalue weighted by Crippen LogP contribution is -2.32.